The molecule has 0 aromatic heterocycles. The SMILES string of the molecule is CCC1(C)CNCCN1C1CCCCC1. The van der Waals surface area contributed by atoms with Crippen LogP contribution in [0.15, 0.2) is 0 Å². The van der Waals surface area contributed by atoms with Gasteiger partial charge in [-0.3, -0.25) is 4.90 Å². The molecule has 0 spiro atoms. The maximum Gasteiger partial charge on any atom is 0.0306 e. The average Bonchev–Trinajstić information content (AvgIpc) is 2.31. The molecule has 1 aliphatic heterocycles. The van der Waals surface area contributed by atoms with Crippen LogP contribution in [0.5, 0.6) is 0 Å². The molecular formula is C13H26N2. The Balaban J connectivity index is 2.03. The van der Waals surface area contributed by atoms with Gasteiger partial charge in [0, 0.05) is 31.2 Å². The van der Waals surface area contributed by atoms with Crippen LogP contribution in [-0.2, 0) is 0 Å². The highest BCUT2D eigenvalue weighted by molar-refractivity contribution is 4.95. The summed E-state index contributed by atoms with van der Waals surface area (Å²) in [6.45, 7) is 8.40. The molecule has 2 nitrogen and oxygen atoms in total. The smallest absolute Gasteiger partial charge is 0.0306 e. The Hall–Kier alpha value is -0.0800. The second kappa shape index (κ2) is 4.84. The van der Waals surface area contributed by atoms with E-state index in [0.29, 0.717) is 5.54 Å². The molecule has 0 aromatic rings. The summed E-state index contributed by atoms with van der Waals surface area (Å²) in [5.41, 5.74) is 0.417. The van der Waals surface area contributed by atoms with E-state index in [9.17, 15) is 0 Å². The van der Waals surface area contributed by atoms with Crippen molar-refractivity contribution in [3.8, 4) is 0 Å². The van der Waals surface area contributed by atoms with E-state index in [-0.39, 0.29) is 0 Å². The average molecular weight is 210 g/mol. The van der Waals surface area contributed by atoms with Crippen molar-refractivity contribution in [2.75, 3.05) is 19.6 Å². The fourth-order valence-electron chi connectivity index (χ4n) is 3.27. The van der Waals surface area contributed by atoms with Gasteiger partial charge < -0.3 is 5.32 Å². The Morgan fingerprint density at radius 2 is 2.00 bits per heavy atom. The number of nitrogens with one attached hydrogen (secondary N) is 1. The minimum atomic E-state index is 0.417. The predicted molar refractivity (Wildman–Crippen MR) is 65.1 cm³/mol. The van der Waals surface area contributed by atoms with Crippen LogP contribution in [0.2, 0.25) is 0 Å². The standard InChI is InChI=1S/C13H26N2/c1-3-13(2)11-14-9-10-15(13)12-7-5-4-6-8-12/h12,14H,3-11H2,1-2H3. The van der Waals surface area contributed by atoms with Gasteiger partial charge in [0.1, 0.15) is 0 Å². The molecule has 1 atom stereocenters. The highest BCUT2D eigenvalue weighted by Crippen LogP contribution is 2.30. The maximum atomic E-state index is 3.55. The van der Waals surface area contributed by atoms with E-state index in [1.807, 2.05) is 0 Å². The van der Waals surface area contributed by atoms with Crippen molar-refractivity contribution < 1.29 is 0 Å². The molecule has 2 aliphatic rings. The molecule has 2 heteroatoms. The largest absolute Gasteiger partial charge is 0.314 e. The number of piperazine rings is 1. The van der Waals surface area contributed by atoms with Gasteiger partial charge in [-0.25, -0.2) is 0 Å². The first-order chi connectivity index (χ1) is 7.26. The lowest BCUT2D eigenvalue weighted by Gasteiger charge is -2.50. The van der Waals surface area contributed by atoms with Gasteiger partial charge >= 0.3 is 0 Å². The van der Waals surface area contributed by atoms with Gasteiger partial charge in [0.05, 0.1) is 0 Å². The maximum absolute atomic E-state index is 3.55. The summed E-state index contributed by atoms with van der Waals surface area (Å²) in [6.07, 6.45) is 8.52. The molecule has 2 rings (SSSR count). The Labute approximate surface area is 94.4 Å². The number of nitrogens with zero attached hydrogens (tertiary/aromatic N) is 1. The quantitative estimate of drug-likeness (QED) is 0.753. The molecule has 0 bridgehead atoms. The summed E-state index contributed by atoms with van der Waals surface area (Å²) in [7, 11) is 0. The van der Waals surface area contributed by atoms with Crippen LogP contribution in [0.3, 0.4) is 0 Å². The summed E-state index contributed by atoms with van der Waals surface area (Å²) >= 11 is 0. The third kappa shape index (κ3) is 2.36. The minimum Gasteiger partial charge on any atom is -0.314 e. The van der Waals surface area contributed by atoms with Crippen LogP contribution in [0.4, 0.5) is 0 Å². The number of rotatable bonds is 2. The van der Waals surface area contributed by atoms with E-state index in [0.717, 1.165) is 6.04 Å². The Bertz CT molecular complexity index is 199. The van der Waals surface area contributed by atoms with Crippen LogP contribution in [0.1, 0.15) is 52.4 Å². The van der Waals surface area contributed by atoms with Crippen LogP contribution < -0.4 is 5.32 Å². The van der Waals surface area contributed by atoms with E-state index in [2.05, 4.69) is 24.1 Å². The van der Waals surface area contributed by atoms with Crippen molar-refractivity contribution in [3.05, 3.63) is 0 Å². The summed E-state index contributed by atoms with van der Waals surface area (Å²) in [4.78, 5) is 2.81. The predicted octanol–water partition coefficient (Wildman–Crippen LogP) is 2.39. The van der Waals surface area contributed by atoms with Crippen molar-refractivity contribution in [2.45, 2.75) is 64.0 Å². The van der Waals surface area contributed by atoms with Gasteiger partial charge in [-0.2, -0.15) is 0 Å². The molecule has 0 aromatic carbocycles. The van der Waals surface area contributed by atoms with Gasteiger partial charge in [-0.15, -0.1) is 0 Å². The van der Waals surface area contributed by atoms with Crippen LogP contribution in [-0.4, -0.2) is 36.1 Å². The lowest BCUT2D eigenvalue weighted by molar-refractivity contribution is 0.0142. The molecule has 15 heavy (non-hydrogen) atoms. The van der Waals surface area contributed by atoms with E-state index in [1.165, 1.54) is 58.2 Å². The molecule has 1 heterocycles. The van der Waals surface area contributed by atoms with Crippen molar-refractivity contribution in [3.63, 3.8) is 0 Å². The number of hydrogen-bond donors (Lipinski definition) is 1. The summed E-state index contributed by atoms with van der Waals surface area (Å²) < 4.78 is 0. The zero-order chi connectivity index (χ0) is 10.7. The van der Waals surface area contributed by atoms with E-state index in [1.54, 1.807) is 0 Å². The van der Waals surface area contributed by atoms with Crippen molar-refractivity contribution in [1.82, 2.24) is 10.2 Å². The molecule has 1 unspecified atom stereocenters. The molecule has 1 saturated carbocycles. The van der Waals surface area contributed by atoms with Crippen LogP contribution in [0, 0.1) is 0 Å². The molecule has 1 N–H and O–H groups in total. The molecule has 1 aliphatic carbocycles. The van der Waals surface area contributed by atoms with Crippen LogP contribution in [0.25, 0.3) is 0 Å². The Morgan fingerprint density at radius 3 is 2.67 bits per heavy atom. The highest BCUT2D eigenvalue weighted by Gasteiger charge is 2.37. The van der Waals surface area contributed by atoms with Gasteiger partial charge in [0.2, 0.25) is 0 Å². The Kier molecular flexibility index (Phi) is 3.68. The van der Waals surface area contributed by atoms with Gasteiger partial charge in [0.25, 0.3) is 0 Å². The van der Waals surface area contributed by atoms with Crippen molar-refractivity contribution in [1.29, 1.82) is 0 Å². The molecular weight excluding hydrogens is 184 g/mol. The minimum absolute atomic E-state index is 0.417. The topological polar surface area (TPSA) is 15.3 Å². The van der Waals surface area contributed by atoms with E-state index < -0.39 is 0 Å². The first kappa shape index (κ1) is 11.4. The fraction of sp³-hybridized carbons (Fsp3) is 1.00. The second-order valence-corrected chi connectivity index (χ2v) is 5.51. The first-order valence-electron chi connectivity index (χ1n) is 6.74. The summed E-state index contributed by atoms with van der Waals surface area (Å²) in [5, 5.41) is 3.55. The first-order valence-corrected chi connectivity index (χ1v) is 6.74. The van der Waals surface area contributed by atoms with E-state index >= 15 is 0 Å². The zero-order valence-corrected chi connectivity index (χ0v) is 10.4. The van der Waals surface area contributed by atoms with Crippen molar-refractivity contribution in [2.24, 2.45) is 0 Å². The van der Waals surface area contributed by atoms with Crippen molar-refractivity contribution >= 4 is 0 Å². The van der Waals surface area contributed by atoms with Crippen LogP contribution >= 0.6 is 0 Å². The second-order valence-electron chi connectivity index (χ2n) is 5.51. The molecule has 0 amide bonds. The summed E-state index contributed by atoms with van der Waals surface area (Å²) in [6, 6.07) is 0.880. The lowest BCUT2D eigenvalue weighted by Crippen LogP contribution is -2.62. The number of hydrogen-bond acceptors (Lipinski definition) is 2. The Morgan fingerprint density at radius 1 is 1.27 bits per heavy atom. The molecule has 88 valence electrons. The van der Waals surface area contributed by atoms with E-state index in [4.69, 9.17) is 0 Å². The van der Waals surface area contributed by atoms with Gasteiger partial charge in [0.15, 0.2) is 0 Å². The molecule has 0 radical (unpaired) electrons. The molecule has 2 fully saturated rings. The van der Waals surface area contributed by atoms with Gasteiger partial charge in [-0.05, 0) is 26.2 Å². The lowest BCUT2D eigenvalue weighted by atomic mass is 9.86. The fourth-order valence-corrected chi connectivity index (χ4v) is 3.27. The van der Waals surface area contributed by atoms with Gasteiger partial charge in [-0.1, -0.05) is 26.2 Å². The summed E-state index contributed by atoms with van der Waals surface area (Å²) in [5.74, 6) is 0. The normalized spacial score (nSPS) is 35.6. The third-order valence-corrected chi connectivity index (χ3v) is 4.51. The highest BCUT2D eigenvalue weighted by atomic mass is 15.3. The molecule has 1 saturated heterocycles. The third-order valence-electron chi connectivity index (χ3n) is 4.51. The monoisotopic (exact) mass is 210 g/mol. The zero-order valence-electron chi connectivity index (χ0n) is 10.4.